The molecule has 1 fully saturated rings. The summed E-state index contributed by atoms with van der Waals surface area (Å²) < 4.78 is 0. The van der Waals surface area contributed by atoms with E-state index in [4.69, 9.17) is 0 Å². The second-order valence-electron chi connectivity index (χ2n) is 7.31. The van der Waals surface area contributed by atoms with Crippen LogP contribution in [0.2, 0.25) is 0 Å². The maximum atomic E-state index is 12.2. The highest BCUT2D eigenvalue weighted by Crippen LogP contribution is 2.30. The molecule has 0 spiro atoms. The minimum atomic E-state index is -0.811. The van der Waals surface area contributed by atoms with E-state index in [9.17, 15) is 14.7 Å². The van der Waals surface area contributed by atoms with Gasteiger partial charge in [-0.1, -0.05) is 77.6 Å². The number of carbonyl (C=O) groups excluding carboxylic acids is 1. The zero-order chi connectivity index (χ0) is 17.6. The molecular weight excluding hydrogens is 302 g/mol. The summed E-state index contributed by atoms with van der Waals surface area (Å²) in [4.78, 5) is 23.4. The number of carbonyl (C=O) groups is 2. The SMILES string of the molecule is CCCCCCCCCCCCNC(=O)[C@H]1CCCC[C@H]1C(=O)O. The van der Waals surface area contributed by atoms with Gasteiger partial charge in [0.1, 0.15) is 0 Å². The average molecular weight is 340 g/mol. The molecular formula is C20H37NO3. The number of hydrogen-bond acceptors (Lipinski definition) is 2. The van der Waals surface area contributed by atoms with E-state index in [-0.39, 0.29) is 11.8 Å². The van der Waals surface area contributed by atoms with Crippen molar-refractivity contribution in [3.8, 4) is 0 Å². The molecule has 0 aliphatic heterocycles. The normalized spacial score (nSPS) is 20.7. The van der Waals surface area contributed by atoms with Crippen molar-refractivity contribution in [3.63, 3.8) is 0 Å². The Labute approximate surface area is 147 Å². The van der Waals surface area contributed by atoms with Crippen molar-refractivity contribution >= 4 is 11.9 Å². The number of amides is 1. The number of carboxylic acids is 1. The van der Waals surface area contributed by atoms with E-state index in [2.05, 4.69) is 12.2 Å². The van der Waals surface area contributed by atoms with Gasteiger partial charge in [-0.25, -0.2) is 0 Å². The van der Waals surface area contributed by atoms with Crippen molar-refractivity contribution in [3.05, 3.63) is 0 Å². The summed E-state index contributed by atoms with van der Waals surface area (Å²) in [7, 11) is 0. The Balaban J connectivity index is 2.00. The van der Waals surface area contributed by atoms with E-state index in [1.807, 2.05) is 0 Å². The van der Waals surface area contributed by atoms with Crippen molar-refractivity contribution in [2.24, 2.45) is 11.8 Å². The topological polar surface area (TPSA) is 66.4 Å². The van der Waals surface area contributed by atoms with Gasteiger partial charge in [0.05, 0.1) is 11.8 Å². The number of aliphatic carboxylic acids is 1. The van der Waals surface area contributed by atoms with Crippen LogP contribution < -0.4 is 5.32 Å². The van der Waals surface area contributed by atoms with Gasteiger partial charge >= 0.3 is 5.97 Å². The Morgan fingerprint density at radius 1 is 0.833 bits per heavy atom. The fourth-order valence-electron chi connectivity index (χ4n) is 3.70. The molecule has 4 nitrogen and oxygen atoms in total. The highest BCUT2D eigenvalue weighted by Gasteiger charge is 2.35. The van der Waals surface area contributed by atoms with Crippen molar-refractivity contribution in [2.75, 3.05) is 6.54 Å². The highest BCUT2D eigenvalue weighted by atomic mass is 16.4. The molecule has 0 bridgehead atoms. The molecule has 0 radical (unpaired) electrons. The number of unbranched alkanes of at least 4 members (excludes halogenated alkanes) is 9. The van der Waals surface area contributed by atoms with Crippen LogP contribution in [-0.2, 0) is 9.59 Å². The summed E-state index contributed by atoms with van der Waals surface area (Å²) >= 11 is 0. The minimum absolute atomic E-state index is 0.0435. The van der Waals surface area contributed by atoms with E-state index >= 15 is 0 Å². The highest BCUT2D eigenvalue weighted by molar-refractivity contribution is 5.84. The molecule has 1 saturated carbocycles. The Morgan fingerprint density at radius 3 is 1.88 bits per heavy atom. The predicted molar refractivity (Wildman–Crippen MR) is 97.9 cm³/mol. The summed E-state index contributed by atoms with van der Waals surface area (Å²) in [5.74, 6) is -1.65. The molecule has 1 rings (SSSR count). The lowest BCUT2D eigenvalue weighted by molar-refractivity contribution is -0.148. The molecule has 1 amide bonds. The fourth-order valence-corrected chi connectivity index (χ4v) is 3.70. The third-order valence-electron chi connectivity index (χ3n) is 5.25. The first kappa shape index (κ1) is 21.0. The first-order valence-corrected chi connectivity index (χ1v) is 10.2. The van der Waals surface area contributed by atoms with E-state index in [0.29, 0.717) is 13.0 Å². The number of hydrogen-bond donors (Lipinski definition) is 2. The number of nitrogens with one attached hydrogen (secondary N) is 1. The van der Waals surface area contributed by atoms with Crippen LogP contribution in [0.5, 0.6) is 0 Å². The number of carboxylic acid groups (broad SMARTS) is 1. The molecule has 1 aliphatic carbocycles. The quantitative estimate of drug-likeness (QED) is 0.468. The molecule has 0 aromatic rings. The average Bonchev–Trinajstić information content (AvgIpc) is 2.59. The van der Waals surface area contributed by atoms with Gasteiger partial charge in [0.25, 0.3) is 0 Å². The summed E-state index contributed by atoms with van der Waals surface area (Å²) in [5, 5.41) is 12.2. The largest absolute Gasteiger partial charge is 0.481 e. The summed E-state index contributed by atoms with van der Waals surface area (Å²) in [6, 6.07) is 0. The molecule has 0 saturated heterocycles. The van der Waals surface area contributed by atoms with Crippen LogP contribution in [-0.4, -0.2) is 23.5 Å². The van der Waals surface area contributed by atoms with Gasteiger partial charge in [0.2, 0.25) is 5.91 Å². The number of rotatable bonds is 13. The van der Waals surface area contributed by atoms with Gasteiger partial charge in [-0.05, 0) is 19.3 Å². The predicted octanol–water partition coefficient (Wildman–Crippen LogP) is 4.91. The van der Waals surface area contributed by atoms with Gasteiger partial charge in [-0.2, -0.15) is 0 Å². The van der Waals surface area contributed by atoms with E-state index in [0.717, 1.165) is 32.1 Å². The van der Waals surface area contributed by atoms with Crippen molar-refractivity contribution < 1.29 is 14.7 Å². The standard InChI is InChI=1S/C20H37NO3/c1-2-3-4-5-6-7-8-9-10-13-16-21-19(22)17-14-11-12-15-18(17)20(23)24/h17-18H,2-16H2,1H3,(H,21,22)(H,23,24)/t17-,18+/m0/s1. The van der Waals surface area contributed by atoms with E-state index in [1.54, 1.807) is 0 Å². The molecule has 2 atom stereocenters. The molecule has 0 heterocycles. The maximum Gasteiger partial charge on any atom is 0.307 e. The van der Waals surface area contributed by atoms with E-state index in [1.165, 1.54) is 51.4 Å². The molecule has 4 heteroatoms. The van der Waals surface area contributed by atoms with Crippen LogP contribution in [0.4, 0.5) is 0 Å². The Hall–Kier alpha value is -1.06. The molecule has 24 heavy (non-hydrogen) atoms. The maximum absolute atomic E-state index is 12.2. The summed E-state index contributed by atoms with van der Waals surface area (Å²) in [6.45, 7) is 2.94. The van der Waals surface area contributed by atoms with Crippen LogP contribution >= 0.6 is 0 Å². The smallest absolute Gasteiger partial charge is 0.307 e. The van der Waals surface area contributed by atoms with Crippen LogP contribution in [0.1, 0.15) is 96.8 Å². The van der Waals surface area contributed by atoms with Crippen molar-refractivity contribution in [1.82, 2.24) is 5.32 Å². The van der Waals surface area contributed by atoms with Gasteiger partial charge in [0, 0.05) is 6.54 Å². The summed E-state index contributed by atoms with van der Waals surface area (Å²) in [5.41, 5.74) is 0. The van der Waals surface area contributed by atoms with Crippen molar-refractivity contribution in [1.29, 1.82) is 0 Å². The van der Waals surface area contributed by atoms with Crippen LogP contribution in [0.15, 0.2) is 0 Å². The molecule has 0 aromatic heterocycles. The first-order valence-electron chi connectivity index (χ1n) is 10.2. The minimum Gasteiger partial charge on any atom is -0.481 e. The third-order valence-corrected chi connectivity index (χ3v) is 5.25. The zero-order valence-corrected chi connectivity index (χ0v) is 15.5. The Kier molecular flexibility index (Phi) is 11.6. The lowest BCUT2D eigenvalue weighted by atomic mass is 9.78. The monoisotopic (exact) mass is 339 g/mol. The second-order valence-corrected chi connectivity index (χ2v) is 7.31. The molecule has 1 aliphatic rings. The van der Waals surface area contributed by atoms with Crippen LogP contribution in [0, 0.1) is 11.8 Å². The summed E-state index contributed by atoms with van der Waals surface area (Å²) in [6.07, 6.45) is 16.1. The molecule has 0 aromatic carbocycles. The van der Waals surface area contributed by atoms with Gasteiger partial charge in [-0.15, -0.1) is 0 Å². The second kappa shape index (κ2) is 13.3. The lowest BCUT2D eigenvalue weighted by Gasteiger charge is -2.27. The zero-order valence-electron chi connectivity index (χ0n) is 15.5. The third kappa shape index (κ3) is 8.70. The van der Waals surface area contributed by atoms with Gasteiger partial charge in [0.15, 0.2) is 0 Å². The first-order chi connectivity index (χ1) is 11.7. The van der Waals surface area contributed by atoms with E-state index < -0.39 is 11.9 Å². The fraction of sp³-hybridized carbons (Fsp3) is 0.900. The molecule has 2 N–H and O–H groups in total. The Morgan fingerprint density at radius 2 is 1.33 bits per heavy atom. The van der Waals surface area contributed by atoms with Gasteiger partial charge < -0.3 is 10.4 Å². The van der Waals surface area contributed by atoms with Gasteiger partial charge in [-0.3, -0.25) is 9.59 Å². The molecule has 140 valence electrons. The van der Waals surface area contributed by atoms with Crippen LogP contribution in [0.25, 0.3) is 0 Å². The van der Waals surface area contributed by atoms with Crippen LogP contribution in [0.3, 0.4) is 0 Å². The molecule has 0 unspecified atom stereocenters. The Bertz CT molecular complexity index is 357. The van der Waals surface area contributed by atoms with Crippen molar-refractivity contribution in [2.45, 2.75) is 96.8 Å². The lowest BCUT2D eigenvalue weighted by Crippen LogP contribution is -2.40.